The maximum absolute atomic E-state index is 12.1. The Balaban J connectivity index is 2.18. The fourth-order valence-corrected chi connectivity index (χ4v) is 2.05. The van der Waals surface area contributed by atoms with Gasteiger partial charge in [-0.05, 0) is 23.6 Å². The number of Topliss-reactive ketones (excluding diaryl/α,β-unsaturated/α-hetero) is 1. The smallest absolute Gasteiger partial charge is 0.224 e. The number of hydrogen-bond donors (Lipinski definition) is 2. The van der Waals surface area contributed by atoms with Crippen LogP contribution in [0.1, 0.15) is 9.67 Å². The van der Waals surface area contributed by atoms with Gasteiger partial charge in [-0.1, -0.05) is 24.3 Å². The molecule has 0 saturated carbocycles. The van der Waals surface area contributed by atoms with Crippen molar-refractivity contribution in [2.24, 2.45) is 16.0 Å². The first kappa shape index (κ1) is 13.0. The lowest BCUT2D eigenvalue weighted by atomic mass is 10.2. The van der Waals surface area contributed by atoms with Gasteiger partial charge in [0.25, 0.3) is 0 Å². The van der Waals surface area contributed by atoms with Gasteiger partial charge < -0.3 is 5.84 Å². The molecule has 0 spiro atoms. The number of rotatable bonds is 5. The average Bonchev–Trinajstić information content (AvgIpc) is 2.98. The molecule has 1 aromatic heterocycles. The van der Waals surface area contributed by atoms with Crippen molar-refractivity contribution in [3.63, 3.8) is 0 Å². The standard InChI is InChI=1S/C13H12N4OS/c14-15-9-11(13(18)12-7-4-8-19-12)17-16-10-5-2-1-3-6-10/h1-9,16H,14H2/b15-9+,17-11-. The number of para-hydroxylation sites is 1. The van der Waals surface area contributed by atoms with Crippen LogP contribution in [0.15, 0.2) is 58.0 Å². The van der Waals surface area contributed by atoms with Crippen LogP contribution < -0.4 is 11.3 Å². The summed E-state index contributed by atoms with van der Waals surface area (Å²) in [6, 6.07) is 12.9. The van der Waals surface area contributed by atoms with E-state index in [1.807, 2.05) is 35.7 Å². The number of hydrazone groups is 2. The SMILES string of the molecule is N/N=C/C(=N/Nc1ccccc1)C(=O)c1cccs1. The highest BCUT2D eigenvalue weighted by atomic mass is 32.1. The first-order valence-electron chi connectivity index (χ1n) is 5.51. The van der Waals surface area contributed by atoms with Gasteiger partial charge in [0.15, 0.2) is 5.71 Å². The number of nitrogens with one attached hydrogen (secondary N) is 1. The Labute approximate surface area is 114 Å². The number of anilines is 1. The highest BCUT2D eigenvalue weighted by Gasteiger charge is 2.13. The number of carbonyl (C=O) groups is 1. The van der Waals surface area contributed by atoms with E-state index in [1.165, 1.54) is 17.6 Å². The second kappa shape index (κ2) is 6.46. The minimum absolute atomic E-state index is 0.161. The molecule has 0 saturated heterocycles. The summed E-state index contributed by atoms with van der Waals surface area (Å²) in [4.78, 5) is 12.7. The number of nitrogens with zero attached hydrogens (tertiary/aromatic N) is 2. The van der Waals surface area contributed by atoms with E-state index in [4.69, 9.17) is 5.84 Å². The zero-order chi connectivity index (χ0) is 13.5. The van der Waals surface area contributed by atoms with Gasteiger partial charge in [0, 0.05) is 0 Å². The zero-order valence-corrected chi connectivity index (χ0v) is 10.8. The summed E-state index contributed by atoms with van der Waals surface area (Å²) in [6.45, 7) is 0. The number of benzene rings is 1. The molecule has 6 heteroatoms. The van der Waals surface area contributed by atoms with Gasteiger partial charge in [-0.15, -0.1) is 11.3 Å². The zero-order valence-electron chi connectivity index (χ0n) is 9.98. The van der Waals surface area contributed by atoms with Crippen molar-refractivity contribution in [2.75, 3.05) is 5.43 Å². The number of ketones is 1. The van der Waals surface area contributed by atoms with Gasteiger partial charge in [0.2, 0.25) is 5.78 Å². The lowest BCUT2D eigenvalue weighted by molar-refractivity contribution is 0.107. The van der Waals surface area contributed by atoms with Crippen LogP contribution in [0.2, 0.25) is 0 Å². The Morgan fingerprint density at radius 3 is 2.63 bits per heavy atom. The van der Waals surface area contributed by atoms with Crippen molar-refractivity contribution >= 4 is 34.7 Å². The summed E-state index contributed by atoms with van der Waals surface area (Å²) in [5, 5.41) is 9.23. The Hall–Kier alpha value is -2.47. The van der Waals surface area contributed by atoms with Gasteiger partial charge in [-0.2, -0.15) is 10.2 Å². The Kier molecular flexibility index (Phi) is 4.41. The molecule has 1 heterocycles. The number of nitrogens with two attached hydrogens (primary N) is 1. The van der Waals surface area contributed by atoms with Crippen molar-refractivity contribution in [2.45, 2.75) is 0 Å². The molecule has 0 atom stereocenters. The number of thiophene rings is 1. The molecule has 0 aliphatic carbocycles. The first-order valence-corrected chi connectivity index (χ1v) is 6.39. The predicted molar refractivity (Wildman–Crippen MR) is 78.8 cm³/mol. The largest absolute Gasteiger partial charge is 0.323 e. The fourth-order valence-electron chi connectivity index (χ4n) is 1.38. The van der Waals surface area contributed by atoms with Gasteiger partial charge >= 0.3 is 0 Å². The second-order valence-corrected chi connectivity index (χ2v) is 4.51. The minimum atomic E-state index is -0.215. The molecule has 0 bridgehead atoms. The molecule has 19 heavy (non-hydrogen) atoms. The average molecular weight is 272 g/mol. The van der Waals surface area contributed by atoms with Gasteiger partial charge in [-0.3, -0.25) is 10.2 Å². The van der Waals surface area contributed by atoms with Gasteiger partial charge in [-0.25, -0.2) is 0 Å². The molecule has 2 rings (SSSR count). The molecule has 1 aromatic carbocycles. The summed E-state index contributed by atoms with van der Waals surface area (Å²) in [7, 11) is 0. The summed E-state index contributed by atoms with van der Waals surface area (Å²) >= 11 is 1.35. The van der Waals surface area contributed by atoms with E-state index < -0.39 is 0 Å². The van der Waals surface area contributed by atoms with Crippen LogP contribution in [0.5, 0.6) is 0 Å². The van der Waals surface area contributed by atoms with Crippen LogP contribution in [0.4, 0.5) is 5.69 Å². The van der Waals surface area contributed by atoms with Crippen molar-refractivity contribution in [1.82, 2.24) is 0 Å². The number of hydrogen-bond acceptors (Lipinski definition) is 6. The van der Waals surface area contributed by atoms with E-state index in [-0.39, 0.29) is 11.5 Å². The fraction of sp³-hybridized carbons (Fsp3) is 0. The van der Waals surface area contributed by atoms with Crippen LogP contribution in [0, 0.1) is 0 Å². The summed E-state index contributed by atoms with van der Waals surface area (Å²) in [5.74, 6) is 4.89. The highest BCUT2D eigenvalue weighted by Crippen LogP contribution is 2.10. The summed E-state index contributed by atoms with van der Waals surface area (Å²) in [6.07, 6.45) is 1.23. The summed E-state index contributed by atoms with van der Waals surface area (Å²) < 4.78 is 0. The van der Waals surface area contributed by atoms with E-state index in [9.17, 15) is 4.79 Å². The molecule has 3 N–H and O–H groups in total. The topological polar surface area (TPSA) is 79.8 Å². The van der Waals surface area contributed by atoms with Crippen LogP contribution in [0.3, 0.4) is 0 Å². The molecule has 0 radical (unpaired) electrons. The molecule has 0 aliphatic rings. The van der Waals surface area contributed by atoms with Crippen molar-refractivity contribution in [1.29, 1.82) is 0 Å². The van der Waals surface area contributed by atoms with E-state index in [0.717, 1.165) is 5.69 Å². The quantitative estimate of drug-likeness (QED) is 0.379. The second-order valence-electron chi connectivity index (χ2n) is 3.56. The summed E-state index contributed by atoms with van der Waals surface area (Å²) in [5.41, 5.74) is 3.74. The molecule has 0 amide bonds. The van der Waals surface area contributed by atoms with E-state index in [2.05, 4.69) is 15.6 Å². The molecular weight excluding hydrogens is 260 g/mol. The van der Waals surface area contributed by atoms with Crippen LogP contribution in [-0.4, -0.2) is 17.7 Å². The minimum Gasteiger partial charge on any atom is -0.323 e. The lowest BCUT2D eigenvalue weighted by Gasteiger charge is -2.01. The van der Waals surface area contributed by atoms with E-state index >= 15 is 0 Å². The van der Waals surface area contributed by atoms with Crippen molar-refractivity contribution in [3.8, 4) is 0 Å². The molecule has 0 aliphatic heterocycles. The molecule has 2 aromatic rings. The third kappa shape index (κ3) is 3.49. The van der Waals surface area contributed by atoms with E-state index in [1.54, 1.807) is 12.1 Å². The van der Waals surface area contributed by atoms with E-state index in [0.29, 0.717) is 4.88 Å². The number of carbonyl (C=O) groups excluding carboxylic acids is 1. The predicted octanol–water partition coefficient (Wildman–Crippen LogP) is 2.34. The third-order valence-electron chi connectivity index (χ3n) is 2.25. The normalized spacial score (nSPS) is 11.7. The Bertz CT molecular complexity index is 590. The Morgan fingerprint density at radius 1 is 1.21 bits per heavy atom. The molecule has 96 valence electrons. The van der Waals surface area contributed by atoms with Crippen LogP contribution in [0.25, 0.3) is 0 Å². The molecule has 0 unspecified atom stereocenters. The molecule has 0 fully saturated rings. The van der Waals surface area contributed by atoms with Crippen LogP contribution >= 0.6 is 11.3 Å². The lowest BCUT2D eigenvalue weighted by Crippen LogP contribution is -2.17. The third-order valence-corrected chi connectivity index (χ3v) is 3.12. The van der Waals surface area contributed by atoms with Crippen LogP contribution in [-0.2, 0) is 0 Å². The van der Waals surface area contributed by atoms with Gasteiger partial charge in [0.1, 0.15) is 0 Å². The van der Waals surface area contributed by atoms with Crippen molar-refractivity contribution < 1.29 is 4.79 Å². The molecular formula is C13H12N4OS. The monoisotopic (exact) mass is 272 g/mol. The van der Waals surface area contributed by atoms with Gasteiger partial charge in [0.05, 0.1) is 16.8 Å². The maximum atomic E-state index is 12.1. The van der Waals surface area contributed by atoms with Crippen molar-refractivity contribution in [3.05, 3.63) is 52.7 Å². The molecule has 5 nitrogen and oxygen atoms in total. The Morgan fingerprint density at radius 2 is 2.00 bits per heavy atom. The maximum Gasteiger partial charge on any atom is 0.224 e. The highest BCUT2D eigenvalue weighted by molar-refractivity contribution is 7.13. The first-order chi connectivity index (χ1) is 9.31.